The van der Waals surface area contributed by atoms with Crippen LogP contribution in [0.5, 0.6) is 5.75 Å². The van der Waals surface area contributed by atoms with Crippen LogP contribution >= 0.6 is 47.8 Å². The van der Waals surface area contributed by atoms with Crippen molar-refractivity contribution in [2.75, 3.05) is 19.6 Å². The zero-order valence-corrected chi connectivity index (χ0v) is 17.7. The standard InChI is InChI=1S/C17H20ClN3O2S.2ClH/c1-11-9-19-7-8-21(11)17(22)16-12(2)20-15(24-16)10-23-14-5-3-13(18)4-6-14;;/h3-6,11,19H,7-10H2,1-2H3;2*1H. The molecule has 9 heteroatoms. The van der Waals surface area contributed by atoms with Gasteiger partial charge in [-0.25, -0.2) is 4.98 Å². The molecule has 26 heavy (non-hydrogen) atoms. The Balaban J connectivity index is 0.00000169. The van der Waals surface area contributed by atoms with E-state index in [-0.39, 0.29) is 36.8 Å². The molecular weight excluding hydrogens is 417 g/mol. The number of thiazole rings is 1. The molecule has 144 valence electrons. The van der Waals surface area contributed by atoms with Crippen LogP contribution in [0.2, 0.25) is 5.02 Å². The van der Waals surface area contributed by atoms with Crippen LogP contribution in [-0.2, 0) is 6.61 Å². The molecule has 1 aromatic carbocycles. The minimum Gasteiger partial charge on any atom is -0.486 e. The van der Waals surface area contributed by atoms with Crippen LogP contribution < -0.4 is 10.1 Å². The number of amides is 1. The molecule has 0 aliphatic carbocycles. The lowest BCUT2D eigenvalue weighted by molar-refractivity contribution is 0.0660. The molecule has 1 unspecified atom stereocenters. The fourth-order valence-corrected chi connectivity index (χ4v) is 3.72. The Labute approximate surface area is 174 Å². The monoisotopic (exact) mass is 437 g/mol. The molecule has 0 spiro atoms. The number of rotatable bonds is 4. The Morgan fingerprint density at radius 1 is 1.38 bits per heavy atom. The van der Waals surface area contributed by atoms with Gasteiger partial charge in [-0.15, -0.1) is 36.2 Å². The molecule has 1 N–H and O–H groups in total. The summed E-state index contributed by atoms with van der Waals surface area (Å²) < 4.78 is 5.72. The first kappa shape index (κ1) is 23.0. The predicted octanol–water partition coefficient (Wildman–Crippen LogP) is 3.96. The highest BCUT2D eigenvalue weighted by Gasteiger charge is 2.27. The van der Waals surface area contributed by atoms with E-state index in [4.69, 9.17) is 16.3 Å². The average molecular weight is 439 g/mol. The molecule has 0 radical (unpaired) electrons. The maximum atomic E-state index is 12.8. The number of aromatic nitrogens is 1. The third kappa shape index (κ3) is 5.47. The van der Waals surface area contributed by atoms with Gasteiger partial charge in [0.1, 0.15) is 22.2 Å². The molecule has 1 amide bonds. The number of carbonyl (C=O) groups excluding carboxylic acids is 1. The Morgan fingerprint density at radius 3 is 2.73 bits per heavy atom. The van der Waals surface area contributed by atoms with E-state index in [1.807, 2.05) is 24.0 Å². The average Bonchev–Trinajstić information content (AvgIpc) is 2.95. The van der Waals surface area contributed by atoms with Gasteiger partial charge in [0, 0.05) is 30.7 Å². The Bertz CT molecular complexity index is 725. The lowest BCUT2D eigenvalue weighted by Crippen LogP contribution is -2.52. The van der Waals surface area contributed by atoms with E-state index in [9.17, 15) is 4.79 Å². The van der Waals surface area contributed by atoms with E-state index in [1.165, 1.54) is 11.3 Å². The van der Waals surface area contributed by atoms with Gasteiger partial charge in [0.15, 0.2) is 0 Å². The van der Waals surface area contributed by atoms with Gasteiger partial charge < -0.3 is 15.0 Å². The minimum atomic E-state index is 0. The molecule has 2 aromatic rings. The van der Waals surface area contributed by atoms with Gasteiger partial charge >= 0.3 is 0 Å². The minimum absolute atomic E-state index is 0. The second kappa shape index (κ2) is 10.3. The fourth-order valence-electron chi connectivity index (χ4n) is 2.66. The van der Waals surface area contributed by atoms with Crippen LogP contribution in [0, 0.1) is 6.92 Å². The summed E-state index contributed by atoms with van der Waals surface area (Å²) in [6, 6.07) is 7.39. The molecule has 0 bridgehead atoms. The predicted molar refractivity (Wildman–Crippen MR) is 110 cm³/mol. The Kier molecular flexibility index (Phi) is 9.13. The Morgan fingerprint density at radius 2 is 2.08 bits per heavy atom. The lowest BCUT2D eigenvalue weighted by atomic mass is 10.2. The maximum Gasteiger partial charge on any atom is 0.266 e. The summed E-state index contributed by atoms with van der Waals surface area (Å²) >= 11 is 7.27. The summed E-state index contributed by atoms with van der Waals surface area (Å²) in [5.41, 5.74) is 0.769. The number of ether oxygens (including phenoxy) is 1. The van der Waals surface area contributed by atoms with E-state index < -0.39 is 0 Å². The topological polar surface area (TPSA) is 54.5 Å². The summed E-state index contributed by atoms with van der Waals surface area (Å²) in [4.78, 5) is 19.9. The van der Waals surface area contributed by atoms with E-state index in [1.54, 1.807) is 12.1 Å². The summed E-state index contributed by atoms with van der Waals surface area (Å²) in [6.45, 7) is 6.68. The molecule has 3 rings (SSSR count). The number of carbonyl (C=O) groups is 1. The third-order valence-corrected chi connectivity index (χ3v) is 5.34. The van der Waals surface area contributed by atoms with Crippen LogP contribution in [0.4, 0.5) is 0 Å². The zero-order chi connectivity index (χ0) is 17.1. The van der Waals surface area contributed by atoms with Crippen LogP contribution in [-0.4, -0.2) is 41.5 Å². The quantitative estimate of drug-likeness (QED) is 0.785. The molecule has 1 saturated heterocycles. The van der Waals surface area contributed by atoms with Crippen molar-refractivity contribution >= 4 is 53.7 Å². The smallest absolute Gasteiger partial charge is 0.266 e. The number of benzene rings is 1. The van der Waals surface area contributed by atoms with Crippen molar-refractivity contribution in [1.29, 1.82) is 0 Å². The number of hydrogen-bond donors (Lipinski definition) is 1. The number of aryl methyl sites for hydroxylation is 1. The summed E-state index contributed by atoms with van der Waals surface area (Å²) in [6.07, 6.45) is 0. The van der Waals surface area contributed by atoms with Crippen LogP contribution in [0.3, 0.4) is 0 Å². The highest BCUT2D eigenvalue weighted by Crippen LogP contribution is 2.23. The van der Waals surface area contributed by atoms with Gasteiger partial charge in [0.05, 0.1) is 5.69 Å². The first-order chi connectivity index (χ1) is 11.5. The fraction of sp³-hybridized carbons (Fsp3) is 0.412. The SMILES string of the molecule is Cc1nc(COc2ccc(Cl)cc2)sc1C(=O)N1CCNCC1C.Cl.Cl. The van der Waals surface area contributed by atoms with Crippen molar-refractivity contribution in [1.82, 2.24) is 15.2 Å². The summed E-state index contributed by atoms with van der Waals surface area (Å²) in [7, 11) is 0. The van der Waals surface area contributed by atoms with Crippen molar-refractivity contribution in [2.45, 2.75) is 26.5 Å². The van der Waals surface area contributed by atoms with Crippen molar-refractivity contribution in [3.05, 3.63) is 44.9 Å². The number of nitrogens with one attached hydrogen (secondary N) is 1. The van der Waals surface area contributed by atoms with E-state index in [2.05, 4.69) is 17.2 Å². The van der Waals surface area contributed by atoms with E-state index >= 15 is 0 Å². The number of hydrogen-bond acceptors (Lipinski definition) is 5. The molecule has 1 aromatic heterocycles. The van der Waals surface area contributed by atoms with Gasteiger partial charge in [-0.05, 0) is 38.1 Å². The second-order valence-corrected chi connectivity index (χ2v) is 7.34. The second-order valence-electron chi connectivity index (χ2n) is 5.82. The van der Waals surface area contributed by atoms with Crippen molar-refractivity contribution in [3.8, 4) is 5.75 Å². The van der Waals surface area contributed by atoms with Gasteiger partial charge in [0.25, 0.3) is 5.91 Å². The van der Waals surface area contributed by atoms with E-state index in [0.29, 0.717) is 16.5 Å². The Hall–Kier alpha value is -1.05. The molecule has 1 atom stereocenters. The maximum absolute atomic E-state index is 12.8. The molecular formula is C17H22Cl3N3O2S. The number of halogens is 3. The van der Waals surface area contributed by atoms with Crippen molar-refractivity contribution in [2.24, 2.45) is 0 Å². The van der Waals surface area contributed by atoms with Crippen LogP contribution in [0.25, 0.3) is 0 Å². The molecule has 0 saturated carbocycles. The third-order valence-electron chi connectivity index (χ3n) is 3.97. The first-order valence-electron chi connectivity index (χ1n) is 7.91. The zero-order valence-electron chi connectivity index (χ0n) is 14.5. The van der Waals surface area contributed by atoms with Gasteiger partial charge in [-0.2, -0.15) is 0 Å². The van der Waals surface area contributed by atoms with Gasteiger partial charge in [-0.1, -0.05) is 11.6 Å². The van der Waals surface area contributed by atoms with Crippen molar-refractivity contribution < 1.29 is 9.53 Å². The van der Waals surface area contributed by atoms with Crippen LogP contribution in [0.15, 0.2) is 24.3 Å². The highest BCUT2D eigenvalue weighted by atomic mass is 35.5. The van der Waals surface area contributed by atoms with Crippen LogP contribution in [0.1, 0.15) is 27.3 Å². The van der Waals surface area contributed by atoms with Crippen molar-refractivity contribution in [3.63, 3.8) is 0 Å². The molecule has 5 nitrogen and oxygen atoms in total. The number of piperazine rings is 1. The summed E-state index contributed by atoms with van der Waals surface area (Å²) in [5, 5.41) is 4.77. The summed E-state index contributed by atoms with van der Waals surface area (Å²) in [5.74, 6) is 0.799. The van der Waals surface area contributed by atoms with Gasteiger partial charge in [-0.3, -0.25) is 4.79 Å². The number of nitrogens with zero attached hydrogens (tertiary/aromatic N) is 2. The van der Waals surface area contributed by atoms with Gasteiger partial charge in [0.2, 0.25) is 0 Å². The normalized spacial score (nSPS) is 16.4. The van der Waals surface area contributed by atoms with E-state index in [0.717, 1.165) is 36.1 Å². The highest BCUT2D eigenvalue weighted by molar-refractivity contribution is 7.13. The molecule has 2 heterocycles. The first-order valence-corrected chi connectivity index (χ1v) is 9.10. The lowest BCUT2D eigenvalue weighted by Gasteiger charge is -2.33. The molecule has 1 aliphatic heterocycles. The largest absolute Gasteiger partial charge is 0.486 e. The molecule has 1 fully saturated rings. The molecule has 1 aliphatic rings.